The molecule has 0 radical (unpaired) electrons. The zero-order chi connectivity index (χ0) is 24.3. The predicted octanol–water partition coefficient (Wildman–Crippen LogP) is 6.89. The van der Waals surface area contributed by atoms with E-state index in [1.807, 2.05) is 0 Å². The van der Waals surface area contributed by atoms with Crippen molar-refractivity contribution in [3.63, 3.8) is 0 Å². The molecule has 0 aromatic rings. The molecule has 0 bridgehead atoms. The van der Waals surface area contributed by atoms with Gasteiger partial charge in [0.1, 0.15) is 0 Å². The van der Waals surface area contributed by atoms with E-state index in [2.05, 4.69) is 20.8 Å². The number of quaternary nitrogens is 1. The highest BCUT2D eigenvalue weighted by Gasteiger charge is 2.38. The van der Waals surface area contributed by atoms with Crippen LogP contribution >= 0.6 is 0 Å². The van der Waals surface area contributed by atoms with Gasteiger partial charge in [-0.2, -0.15) is 0 Å². The number of carboxylic acid groups (broad SMARTS) is 1. The first-order valence-corrected chi connectivity index (χ1v) is 15.1. The molecule has 6 nitrogen and oxygen atoms in total. The van der Waals surface area contributed by atoms with Gasteiger partial charge in [0, 0.05) is 39.3 Å². The van der Waals surface area contributed by atoms with Gasteiger partial charge in [-0.15, -0.1) is 0 Å². The van der Waals surface area contributed by atoms with Crippen LogP contribution in [-0.4, -0.2) is 36.1 Å². The fraction of sp³-hybridized carbons (Fsp3) is 0.962. The molecule has 1 unspecified atom stereocenters. The van der Waals surface area contributed by atoms with Crippen molar-refractivity contribution in [3.05, 3.63) is 0 Å². The third-order valence-electron chi connectivity index (χ3n) is 7.06. The maximum atomic E-state index is 11.9. The van der Waals surface area contributed by atoms with E-state index in [-0.39, 0.29) is 11.6 Å². The molecular weight excluding hydrogens is 434 g/mol. The SMILES string of the molecule is CCCCCCCCCCCCCCCC(C)(C)C(CCC[Si](OC)(OC)OC)C(=O)[O-].[NH4+]. The standard InChI is InChI=1S/C26H54O5Si.H3N/c1-7-8-9-10-11-12-13-14-15-16-17-18-19-22-26(2,3)24(25(27)28)21-20-23-32(29-4,30-5)31-6;/h24H,7-23H2,1-6H3,(H,27,28);1H3. The van der Waals surface area contributed by atoms with Crippen LogP contribution in [0.3, 0.4) is 0 Å². The molecule has 0 rings (SSSR count). The zero-order valence-electron chi connectivity index (χ0n) is 23.1. The maximum Gasteiger partial charge on any atom is 0.500 e. The van der Waals surface area contributed by atoms with Gasteiger partial charge in [-0.25, -0.2) is 0 Å². The maximum absolute atomic E-state index is 11.9. The highest BCUT2D eigenvalue weighted by atomic mass is 28.4. The highest BCUT2D eigenvalue weighted by molar-refractivity contribution is 6.60. The van der Waals surface area contributed by atoms with Crippen LogP contribution in [0.5, 0.6) is 0 Å². The second-order valence-corrected chi connectivity index (χ2v) is 13.1. The molecule has 0 saturated heterocycles. The topological polar surface area (TPSA) is 104 Å². The van der Waals surface area contributed by atoms with Crippen molar-refractivity contribution in [1.29, 1.82) is 0 Å². The lowest BCUT2D eigenvalue weighted by atomic mass is 9.73. The minimum Gasteiger partial charge on any atom is -0.550 e. The van der Waals surface area contributed by atoms with Crippen LogP contribution in [0.25, 0.3) is 0 Å². The lowest BCUT2D eigenvalue weighted by molar-refractivity contribution is -0.315. The number of carbonyl (C=O) groups is 1. The number of aliphatic carboxylic acids is 1. The van der Waals surface area contributed by atoms with Gasteiger partial charge in [-0.05, 0) is 24.7 Å². The minimum atomic E-state index is -2.65. The summed E-state index contributed by atoms with van der Waals surface area (Å²) in [6, 6.07) is 0.620. The van der Waals surface area contributed by atoms with E-state index in [0.29, 0.717) is 18.9 Å². The Bertz CT molecular complexity index is 450. The van der Waals surface area contributed by atoms with E-state index in [1.54, 1.807) is 21.3 Å². The largest absolute Gasteiger partial charge is 0.550 e. The van der Waals surface area contributed by atoms with E-state index in [4.69, 9.17) is 13.3 Å². The second-order valence-electron chi connectivity index (χ2n) is 10.0. The van der Waals surface area contributed by atoms with Gasteiger partial charge in [-0.1, -0.05) is 104 Å². The molecule has 0 heterocycles. The van der Waals surface area contributed by atoms with Crippen molar-refractivity contribution in [3.8, 4) is 0 Å². The highest BCUT2D eigenvalue weighted by Crippen LogP contribution is 2.36. The summed E-state index contributed by atoms with van der Waals surface area (Å²) in [6.45, 7) is 6.41. The molecule has 0 fully saturated rings. The van der Waals surface area contributed by atoms with Gasteiger partial charge in [0.2, 0.25) is 0 Å². The molecule has 0 saturated carbocycles. The van der Waals surface area contributed by atoms with E-state index in [1.165, 1.54) is 77.0 Å². The fourth-order valence-electron chi connectivity index (χ4n) is 4.68. The molecule has 0 spiro atoms. The van der Waals surface area contributed by atoms with Gasteiger partial charge < -0.3 is 29.3 Å². The average molecular weight is 492 g/mol. The van der Waals surface area contributed by atoms with Gasteiger partial charge in [0.15, 0.2) is 0 Å². The third kappa shape index (κ3) is 15.9. The molecule has 0 aromatic carbocycles. The van der Waals surface area contributed by atoms with E-state index in [9.17, 15) is 9.90 Å². The quantitative estimate of drug-likeness (QED) is 0.124. The van der Waals surface area contributed by atoms with Crippen LogP contribution in [0.4, 0.5) is 0 Å². The van der Waals surface area contributed by atoms with Gasteiger partial charge in [0.25, 0.3) is 0 Å². The summed E-state index contributed by atoms with van der Waals surface area (Å²) in [6.07, 6.45) is 19.4. The van der Waals surface area contributed by atoms with Gasteiger partial charge in [0.05, 0.1) is 0 Å². The summed E-state index contributed by atoms with van der Waals surface area (Å²) in [7, 11) is 2.12. The number of hydrogen-bond donors (Lipinski definition) is 1. The normalized spacial score (nSPS) is 13.0. The molecule has 200 valence electrons. The number of hydrogen-bond acceptors (Lipinski definition) is 5. The molecule has 33 heavy (non-hydrogen) atoms. The smallest absolute Gasteiger partial charge is 0.500 e. The number of carbonyl (C=O) groups excluding carboxylic acids is 1. The molecule has 0 aliphatic rings. The van der Waals surface area contributed by atoms with Gasteiger partial charge >= 0.3 is 8.80 Å². The van der Waals surface area contributed by atoms with Crippen molar-refractivity contribution in [2.45, 2.75) is 130 Å². The summed E-state index contributed by atoms with van der Waals surface area (Å²) in [5.41, 5.74) is -0.270. The first kappa shape index (κ1) is 34.7. The van der Waals surface area contributed by atoms with Crippen LogP contribution in [0.2, 0.25) is 6.04 Å². The Morgan fingerprint density at radius 3 is 1.52 bits per heavy atom. The molecule has 4 N–H and O–H groups in total. The Balaban J connectivity index is 0. The Morgan fingerprint density at radius 2 is 1.15 bits per heavy atom. The van der Waals surface area contributed by atoms with Crippen LogP contribution < -0.4 is 11.3 Å². The van der Waals surface area contributed by atoms with Crippen molar-refractivity contribution < 1.29 is 23.2 Å². The lowest BCUT2D eigenvalue weighted by Gasteiger charge is -2.36. The van der Waals surface area contributed by atoms with Crippen LogP contribution in [0.1, 0.15) is 124 Å². The molecule has 0 amide bonds. The Morgan fingerprint density at radius 1 is 0.758 bits per heavy atom. The first-order valence-electron chi connectivity index (χ1n) is 13.1. The number of rotatable bonds is 23. The van der Waals surface area contributed by atoms with E-state index >= 15 is 0 Å². The Kier molecular flexibility index (Phi) is 21.9. The van der Waals surface area contributed by atoms with Crippen LogP contribution in [-0.2, 0) is 18.1 Å². The molecule has 0 aromatic heterocycles. The van der Waals surface area contributed by atoms with Crippen LogP contribution in [0.15, 0.2) is 0 Å². The van der Waals surface area contributed by atoms with E-state index < -0.39 is 20.7 Å². The summed E-state index contributed by atoms with van der Waals surface area (Å²) in [4.78, 5) is 11.9. The van der Waals surface area contributed by atoms with Crippen molar-refractivity contribution >= 4 is 14.8 Å². The fourth-order valence-corrected chi connectivity index (χ4v) is 6.43. The van der Waals surface area contributed by atoms with Gasteiger partial charge in [-0.3, -0.25) is 0 Å². The summed E-state index contributed by atoms with van der Waals surface area (Å²) < 4.78 is 16.3. The molecule has 7 heteroatoms. The first-order chi connectivity index (χ1) is 15.3. The zero-order valence-corrected chi connectivity index (χ0v) is 24.1. The number of unbranched alkanes of at least 4 members (excludes halogenated alkanes) is 12. The van der Waals surface area contributed by atoms with Crippen molar-refractivity contribution in [2.75, 3.05) is 21.3 Å². The predicted molar refractivity (Wildman–Crippen MR) is 139 cm³/mol. The van der Waals surface area contributed by atoms with E-state index in [0.717, 1.165) is 12.8 Å². The summed E-state index contributed by atoms with van der Waals surface area (Å²) >= 11 is 0. The monoisotopic (exact) mass is 491 g/mol. The molecule has 0 aliphatic heterocycles. The lowest BCUT2D eigenvalue weighted by Crippen LogP contribution is -2.44. The van der Waals surface area contributed by atoms with Crippen molar-refractivity contribution in [1.82, 2.24) is 6.15 Å². The van der Waals surface area contributed by atoms with Crippen molar-refractivity contribution in [2.24, 2.45) is 11.3 Å². The Hall–Kier alpha value is -0.473. The summed E-state index contributed by atoms with van der Waals surface area (Å²) in [5, 5.41) is 11.9. The average Bonchev–Trinajstić information content (AvgIpc) is 2.77. The number of carboxylic acids is 1. The second kappa shape index (κ2) is 20.9. The Labute approximate surface area is 206 Å². The van der Waals surface area contributed by atoms with Crippen LogP contribution in [0, 0.1) is 11.3 Å². The molecule has 1 atom stereocenters. The summed E-state index contributed by atoms with van der Waals surface area (Å²) in [5.74, 6) is -1.40. The molecule has 0 aliphatic carbocycles. The molecular formula is C26H57NO5Si. The minimum absolute atomic E-state index is 0. The third-order valence-corrected chi connectivity index (χ3v) is 9.89.